The van der Waals surface area contributed by atoms with Gasteiger partial charge in [-0.3, -0.25) is 19.7 Å². The standard InChI is InChI=1S/C19H24N2O6/c1-19(18(24)27-4)10-13(17(23)26-3)16(20-19)14-9-15(22)21(14)11-5-7-12(25-2)8-6-11/h5-8,13-14,16,20H,9-10H2,1-4H3/t13-,14+,16+,19-/m0/s1. The molecular weight excluding hydrogens is 352 g/mol. The van der Waals surface area contributed by atoms with Gasteiger partial charge in [-0.25, -0.2) is 0 Å². The summed E-state index contributed by atoms with van der Waals surface area (Å²) in [5.74, 6) is -0.761. The molecule has 0 unspecified atom stereocenters. The number of benzene rings is 1. The Morgan fingerprint density at radius 2 is 1.81 bits per heavy atom. The van der Waals surface area contributed by atoms with Gasteiger partial charge in [0.05, 0.1) is 33.3 Å². The number of hydrogen-bond donors (Lipinski definition) is 1. The zero-order valence-corrected chi connectivity index (χ0v) is 15.9. The summed E-state index contributed by atoms with van der Waals surface area (Å²) >= 11 is 0. The summed E-state index contributed by atoms with van der Waals surface area (Å²) in [4.78, 5) is 38.5. The predicted molar refractivity (Wildman–Crippen MR) is 96.4 cm³/mol. The van der Waals surface area contributed by atoms with Gasteiger partial charge in [0.2, 0.25) is 5.91 Å². The number of carbonyl (C=O) groups is 3. The van der Waals surface area contributed by atoms with E-state index in [0.29, 0.717) is 11.4 Å². The largest absolute Gasteiger partial charge is 0.497 e. The predicted octanol–water partition coefficient (Wildman–Crippen LogP) is 0.883. The first-order chi connectivity index (χ1) is 12.8. The Balaban J connectivity index is 1.88. The number of esters is 2. The van der Waals surface area contributed by atoms with Crippen LogP contribution in [0.4, 0.5) is 5.69 Å². The molecule has 0 aromatic heterocycles. The molecule has 8 nitrogen and oxygen atoms in total. The van der Waals surface area contributed by atoms with Gasteiger partial charge in [-0.15, -0.1) is 0 Å². The van der Waals surface area contributed by atoms with Gasteiger partial charge >= 0.3 is 11.9 Å². The van der Waals surface area contributed by atoms with E-state index >= 15 is 0 Å². The number of methoxy groups -OCH3 is 3. The molecule has 8 heteroatoms. The summed E-state index contributed by atoms with van der Waals surface area (Å²) in [6.45, 7) is 1.70. The van der Waals surface area contributed by atoms with Crippen molar-refractivity contribution in [3.63, 3.8) is 0 Å². The molecule has 1 aromatic carbocycles. The first kappa shape index (κ1) is 19.2. The minimum atomic E-state index is -1.01. The molecule has 2 aliphatic heterocycles. The molecule has 146 valence electrons. The highest BCUT2D eigenvalue weighted by molar-refractivity contribution is 6.01. The average Bonchev–Trinajstić information content (AvgIpc) is 3.03. The highest BCUT2D eigenvalue weighted by Gasteiger charge is 2.57. The summed E-state index contributed by atoms with van der Waals surface area (Å²) in [5.41, 5.74) is -0.295. The fourth-order valence-corrected chi connectivity index (χ4v) is 4.01. The Bertz CT molecular complexity index is 749. The minimum absolute atomic E-state index is 0.0396. The van der Waals surface area contributed by atoms with E-state index in [1.807, 2.05) is 0 Å². The number of amides is 1. The molecule has 1 aromatic rings. The third-order valence-electron chi connectivity index (χ3n) is 5.44. The Morgan fingerprint density at radius 3 is 2.33 bits per heavy atom. The Hall–Kier alpha value is -2.61. The van der Waals surface area contributed by atoms with Crippen molar-refractivity contribution in [2.45, 2.75) is 37.4 Å². The number of ether oxygens (including phenoxy) is 3. The van der Waals surface area contributed by atoms with E-state index < -0.39 is 29.4 Å². The Labute approximate surface area is 157 Å². The molecule has 2 heterocycles. The maximum absolute atomic E-state index is 12.3. The molecule has 0 bridgehead atoms. The van der Waals surface area contributed by atoms with Gasteiger partial charge in [-0.05, 0) is 37.6 Å². The third-order valence-corrected chi connectivity index (χ3v) is 5.44. The number of carbonyl (C=O) groups excluding carboxylic acids is 3. The molecule has 0 aliphatic carbocycles. The first-order valence-corrected chi connectivity index (χ1v) is 8.74. The molecule has 0 spiro atoms. The lowest BCUT2D eigenvalue weighted by atomic mass is 9.84. The molecule has 2 fully saturated rings. The maximum atomic E-state index is 12.3. The van der Waals surface area contributed by atoms with E-state index in [9.17, 15) is 14.4 Å². The lowest BCUT2D eigenvalue weighted by Crippen LogP contribution is -2.64. The molecule has 4 atom stereocenters. The fraction of sp³-hybridized carbons (Fsp3) is 0.526. The fourth-order valence-electron chi connectivity index (χ4n) is 4.01. The zero-order chi connectivity index (χ0) is 19.8. The van der Waals surface area contributed by atoms with Crippen molar-refractivity contribution in [2.75, 3.05) is 26.2 Å². The van der Waals surface area contributed by atoms with Gasteiger partial charge < -0.3 is 19.1 Å². The third kappa shape index (κ3) is 3.25. The lowest BCUT2D eigenvalue weighted by molar-refractivity contribution is -0.148. The highest BCUT2D eigenvalue weighted by atomic mass is 16.5. The van der Waals surface area contributed by atoms with Crippen LogP contribution in [0.15, 0.2) is 24.3 Å². The van der Waals surface area contributed by atoms with Crippen LogP contribution in [-0.4, -0.2) is 56.8 Å². The molecule has 1 amide bonds. The maximum Gasteiger partial charge on any atom is 0.325 e. The SMILES string of the molecule is COC(=O)[C@H]1C[C@@](C)(C(=O)OC)N[C@H]1[C@H]1CC(=O)N1c1ccc(OC)cc1. The van der Waals surface area contributed by atoms with Crippen LogP contribution in [0.1, 0.15) is 19.8 Å². The van der Waals surface area contributed by atoms with Crippen LogP contribution in [0.25, 0.3) is 0 Å². The monoisotopic (exact) mass is 376 g/mol. The van der Waals surface area contributed by atoms with E-state index in [2.05, 4.69) is 5.32 Å². The highest BCUT2D eigenvalue weighted by Crippen LogP contribution is 2.39. The van der Waals surface area contributed by atoms with Crippen LogP contribution in [0, 0.1) is 5.92 Å². The number of rotatable bonds is 5. The molecule has 2 aliphatic rings. The molecule has 3 rings (SSSR count). The second kappa shape index (κ2) is 7.19. The van der Waals surface area contributed by atoms with Gasteiger partial charge in [0.25, 0.3) is 0 Å². The Kier molecular flexibility index (Phi) is 5.10. The number of anilines is 1. The number of hydrogen-bond acceptors (Lipinski definition) is 7. The van der Waals surface area contributed by atoms with Crippen LogP contribution in [0.5, 0.6) is 5.75 Å². The van der Waals surface area contributed by atoms with Crippen molar-refractivity contribution < 1.29 is 28.6 Å². The normalized spacial score (nSPS) is 29.9. The quantitative estimate of drug-likeness (QED) is 0.602. The summed E-state index contributed by atoms with van der Waals surface area (Å²) in [6, 6.07) is 6.46. The van der Waals surface area contributed by atoms with Gasteiger partial charge in [-0.2, -0.15) is 0 Å². The second-order valence-electron chi connectivity index (χ2n) is 7.06. The van der Waals surface area contributed by atoms with Crippen molar-refractivity contribution in [3.8, 4) is 5.75 Å². The Morgan fingerprint density at radius 1 is 1.15 bits per heavy atom. The average molecular weight is 376 g/mol. The molecule has 1 N–H and O–H groups in total. The van der Waals surface area contributed by atoms with Crippen LogP contribution in [-0.2, 0) is 23.9 Å². The summed E-state index contributed by atoms with van der Waals surface area (Å²) in [5, 5.41) is 3.23. The van der Waals surface area contributed by atoms with Crippen molar-refractivity contribution in [2.24, 2.45) is 5.92 Å². The minimum Gasteiger partial charge on any atom is -0.497 e. The second-order valence-corrected chi connectivity index (χ2v) is 7.06. The number of β-lactam (4-membered cyclic amide) rings is 1. The molecule has 2 saturated heterocycles. The molecular formula is C19H24N2O6. The van der Waals surface area contributed by atoms with Gasteiger partial charge in [0.15, 0.2) is 0 Å². The molecule has 0 radical (unpaired) electrons. The first-order valence-electron chi connectivity index (χ1n) is 8.74. The van der Waals surface area contributed by atoms with E-state index in [4.69, 9.17) is 14.2 Å². The van der Waals surface area contributed by atoms with Crippen molar-refractivity contribution in [3.05, 3.63) is 24.3 Å². The van der Waals surface area contributed by atoms with Crippen LogP contribution < -0.4 is 15.0 Å². The molecule has 0 saturated carbocycles. The zero-order valence-electron chi connectivity index (χ0n) is 15.9. The topological polar surface area (TPSA) is 94.2 Å². The summed E-state index contributed by atoms with van der Waals surface area (Å²) in [6.07, 6.45) is 0.534. The van der Waals surface area contributed by atoms with Crippen LogP contribution in [0.2, 0.25) is 0 Å². The lowest BCUT2D eigenvalue weighted by Gasteiger charge is -2.45. The smallest absolute Gasteiger partial charge is 0.325 e. The van der Waals surface area contributed by atoms with E-state index in [1.54, 1.807) is 43.2 Å². The van der Waals surface area contributed by atoms with Crippen molar-refractivity contribution in [1.29, 1.82) is 0 Å². The van der Waals surface area contributed by atoms with Crippen LogP contribution in [0.3, 0.4) is 0 Å². The molecule has 27 heavy (non-hydrogen) atoms. The van der Waals surface area contributed by atoms with Gasteiger partial charge in [-0.1, -0.05) is 0 Å². The van der Waals surface area contributed by atoms with Crippen molar-refractivity contribution in [1.82, 2.24) is 5.32 Å². The van der Waals surface area contributed by atoms with E-state index in [-0.39, 0.29) is 24.8 Å². The number of nitrogens with zero attached hydrogens (tertiary/aromatic N) is 1. The van der Waals surface area contributed by atoms with Gasteiger partial charge in [0.1, 0.15) is 11.3 Å². The van der Waals surface area contributed by atoms with Crippen LogP contribution >= 0.6 is 0 Å². The van der Waals surface area contributed by atoms with E-state index in [0.717, 1.165) is 0 Å². The van der Waals surface area contributed by atoms with E-state index in [1.165, 1.54) is 14.2 Å². The summed E-state index contributed by atoms with van der Waals surface area (Å²) in [7, 11) is 4.20. The van der Waals surface area contributed by atoms with Crippen molar-refractivity contribution >= 4 is 23.5 Å². The summed E-state index contributed by atoms with van der Waals surface area (Å²) < 4.78 is 15.0. The number of nitrogens with one attached hydrogen (secondary N) is 1. The van der Waals surface area contributed by atoms with Gasteiger partial charge in [0, 0.05) is 18.2 Å².